The zero-order valence-corrected chi connectivity index (χ0v) is 11.0. The molecule has 0 fully saturated rings. The van der Waals surface area contributed by atoms with Crippen LogP contribution < -0.4 is 11.1 Å². The van der Waals surface area contributed by atoms with Gasteiger partial charge in [0.2, 0.25) is 0 Å². The highest BCUT2D eigenvalue weighted by atomic mass is 32.1. The fourth-order valence-corrected chi connectivity index (χ4v) is 2.43. The number of nitrogens with zero attached hydrogens (tertiary/aromatic N) is 1. The number of aromatic nitrogens is 1. The van der Waals surface area contributed by atoms with Crippen molar-refractivity contribution < 1.29 is 0 Å². The molecular formula is C13H17N3S. The fraction of sp³-hybridized carbons (Fsp3) is 0.308. The first-order chi connectivity index (χ1) is 8.15. The third-order valence-corrected chi connectivity index (χ3v) is 3.47. The van der Waals surface area contributed by atoms with Crippen molar-refractivity contribution in [3.63, 3.8) is 0 Å². The summed E-state index contributed by atoms with van der Waals surface area (Å²) in [4.78, 5) is 5.56. The molecule has 0 amide bonds. The van der Waals surface area contributed by atoms with Crippen molar-refractivity contribution in [1.82, 2.24) is 10.3 Å². The molecule has 0 aliphatic carbocycles. The van der Waals surface area contributed by atoms with E-state index in [0.717, 1.165) is 29.3 Å². The van der Waals surface area contributed by atoms with E-state index in [1.165, 1.54) is 10.4 Å². The van der Waals surface area contributed by atoms with E-state index in [4.69, 9.17) is 5.73 Å². The van der Waals surface area contributed by atoms with Crippen LogP contribution in [-0.4, -0.2) is 4.98 Å². The molecule has 17 heavy (non-hydrogen) atoms. The van der Waals surface area contributed by atoms with Gasteiger partial charge in [0.15, 0.2) is 0 Å². The van der Waals surface area contributed by atoms with Gasteiger partial charge >= 0.3 is 0 Å². The number of nitrogens with two attached hydrogens (primary N) is 1. The molecule has 0 saturated carbocycles. The highest BCUT2D eigenvalue weighted by Crippen LogP contribution is 2.14. The van der Waals surface area contributed by atoms with Crippen molar-refractivity contribution in [3.05, 3.63) is 45.4 Å². The molecular weight excluding hydrogens is 230 g/mol. The summed E-state index contributed by atoms with van der Waals surface area (Å²) >= 11 is 1.73. The lowest BCUT2D eigenvalue weighted by Crippen LogP contribution is -2.13. The van der Waals surface area contributed by atoms with Crippen LogP contribution in [0.25, 0.3) is 0 Å². The summed E-state index contributed by atoms with van der Waals surface area (Å²) < 4.78 is 0. The van der Waals surface area contributed by atoms with Gasteiger partial charge in [-0.2, -0.15) is 0 Å². The number of aryl methyl sites for hydroxylation is 2. The highest BCUT2D eigenvalue weighted by molar-refractivity contribution is 7.11. The van der Waals surface area contributed by atoms with Gasteiger partial charge in [0.1, 0.15) is 5.01 Å². The number of hydrogen-bond donors (Lipinski definition) is 2. The molecule has 2 aromatic rings. The molecule has 4 heteroatoms. The summed E-state index contributed by atoms with van der Waals surface area (Å²) in [5, 5.41) is 4.49. The van der Waals surface area contributed by atoms with E-state index >= 15 is 0 Å². The predicted octanol–water partition coefficient (Wildman–Crippen LogP) is 2.63. The Labute approximate surface area is 106 Å². The Kier molecular flexibility index (Phi) is 3.76. The standard InChI is InChI=1S/C13H17N3S/c1-9-3-4-12(14)11(5-9)7-15-8-13-16-6-10(2)17-13/h3-6,15H,7-8,14H2,1-2H3. The largest absolute Gasteiger partial charge is 0.398 e. The van der Waals surface area contributed by atoms with E-state index in [2.05, 4.69) is 30.2 Å². The summed E-state index contributed by atoms with van der Waals surface area (Å²) in [6.07, 6.45) is 1.91. The fourth-order valence-electron chi connectivity index (χ4n) is 1.67. The first-order valence-electron chi connectivity index (χ1n) is 5.62. The number of anilines is 1. The van der Waals surface area contributed by atoms with Gasteiger partial charge < -0.3 is 11.1 Å². The van der Waals surface area contributed by atoms with E-state index in [1.54, 1.807) is 11.3 Å². The molecule has 2 rings (SSSR count). The van der Waals surface area contributed by atoms with Gasteiger partial charge in [-0.15, -0.1) is 11.3 Å². The van der Waals surface area contributed by atoms with E-state index < -0.39 is 0 Å². The zero-order valence-electron chi connectivity index (χ0n) is 10.2. The van der Waals surface area contributed by atoms with Crippen molar-refractivity contribution in [1.29, 1.82) is 0 Å². The molecule has 1 aromatic heterocycles. The SMILES string of the molecule is Cc1ccc(N)c(CNCc2ncc(C)s2)c1. The summed E-state index contributed by atoms with van der Waals surface area (Å²) in [7, 11) is 0. The normalized spacial score (nSPS) is 10.7. The maximum Gasteiger partial charge on any atom is 0.107 e. The third-order valence-electron chi connectivity index (χ3n) is 2.56. The quantitative estimate of drug-likeness (QED) is 0.817. The van der Waals surface area contributed by atoms with E-state index in [0.29, 0.717) is 0 Å². The molecule has 3 N–H and O–H groups in total. The first kappa shape index (κ1) is 12.1. The average Bonchev–Trinajstić information content (AvgIpc) is 2.69. The van der Waals surface area contributed by atoms with Crippen molar-refractivity contribution in [2.45, 2.75) is 26.9 Å². The molecule has 0 radical (unpaired) electrons. The smallest absolute Gasteiger partial charge is 0.107 e. The molecule has 0 aliphatic heterocycles. The molecule has 1 aromatic carbocycles. The van der Waals surface area contributed by atoms with Gasteiger partial charge in [0.25, 0.3) is 0 Å². The Balaban J connectivity index is 1.91. The predicted molar refractivity (Wildman–Crippen MR) is 73.0 cm³/mol. The van der Waals surface area contributed by atoms with E-state index in [1.807, 2.05) is 18.3 Å². The Morgan fingerprint density at radius 1 is 1.29 bits per heavy atom. The highest BCUT2D eigenvalue weighted by Gasteiger charge is 2.01. The number of hydrogen-bond acceptors (Lipinski definition) is 4. The Hall–Kier alpha value is -1.39. The van der Waals surface area contributed by atoms with E-state index in [-0.39, 0.29) is 0 Å². The first-order valence-corrected chi connectivity index (χ1v) is 6.44. The van der Waals surface area contributed by atoms with Crippen LogP contribution in [0, 0.1) is 13.8 Å². The van der Waals surface area contributed by atoms with Crippen LogP contribution in [-0.2, 0) is 13.1 Å². The summed E-state index contributed by atoms with van der Waals surface area (Å²) in [5.41, 5.74) is 9.15. The van der Waals surface area contributed by atoms with Crippen LogP contribution in [0.2, 0.25) is 0 Å². The average molecular weight is 247 g/mol. The topological polar surface area (TPSA) is 50.9 Å². The minimum Gasteiger partial charge on any atom is -0.398 e. The zero-order chi connectivity index (χ0) is 12.3. The van der Waals surface area contributed by atoms with Crippen molar-refractivity contribution >= 4 is 17.0 Å². The molecule has 0 aliphatic rings. The van der Waals surface area contributed by atoms with E-state index in [9.17, 15) is 0 Å². The monoisotopic (exact) mass is 247 g/mol. The van der Waals surface area contributed by atoms with Crippen LogP contribution >= 0.6 is 11.3 Å². The summed E-state index contributed by atoms with van der Waals surface area (Å²) in [6, 6.07) is 6.11. The minimum atomic E-state index is 0.784. The van der Waals surface area contributed by atoms with Gasteiger partial charge in [0.05, 0.1) is 0 Å². The Morgan fingerprint density at radius 3 is 2.82 bits per heavy atom. The van der Waals surface area contributed by atoms with Crippen molar-refractivity contribution in [2.75, 3.05) is 5.73 Å². The van der Waals surface area contributed by atoms with Gasteiger partial charge in [-0.3, -0.25) is 0 Å². The summed E-state index contributed by atoms with van der Waals surface area (Å²) in [5.74, 6) is 0. The number of nitrogens with one attached hydrogen (secondary N) is 1. The molecule has 1 heterocycles. The molecule has 0 bridgehead atoms. The molecule has 0 spiro atoms. The molecule has 3 nitrogen and oxygen atoms in total. The van der Waals surface area contributed by atoms with Gasteiger partial charge in [0, 0.05) is 29.9 Å². The molecule has 0 atom stereocenters. The Bertz CT molecular complexity index is 505. The summed E-state index contributed by atoms with van der Waals surface area (Å²) in [6.45, 7) is 5.73. The lowest BCUT2D eigenvalue weighted by atomic mass is 10.1. The van der Waals surface area contributed by atoms with Gasteiger partial charge in [-0.25, -0.2) is 4.98 Å². The van der Waals surface area contributed by atoms with Crippen LogP contribution in [0.1, 0.15) is 21.0 Å². The second-order valence-corrected chi connectivity index (χ2v) is 5.49. The van der Waals surface area contributed by atoms with Crippen LogP contribution in [0.15, 0.2) is 24.4 Å². The molecule has 0 unspecified atom stereocenters. The Morgan fingerprint density at radius 2 is 2.12 bits per heavy atom. The van der Waals surface area contributed by atoms with Crippen LogP contribution in [0.4, 0.5) is 5.69 Å². The maximum atomic E-state index is 5.92. The number of rotatable bonds is 4. The van der Waals surface area contributed by atoms with Crippen LogP contribution in [0.5, 0.6) is 0 Å². The second-order valence-electron chi connectivity index (χ2n) is 4.17. The number of benzene rings is 1. The lowest BCUT2D eigenvalue weighted by Gasteiger charge is -2.07. The maximum absolute atomic E-state index is 5.92. The molecule has 0 saturated heterocycles. The minimum absolute atomic E-state index is 0.784. The third kappa shape index (κ3) is 3.28. The van der Waals surface area contributed by atoms with Gasteiger partial charge in [-0.05, 0) is 25.5 Å². The van der Waals surface area contributed by atoms with Crippen molar-refractivity contribution in [2.24, 2.45) is 0 Å². The number of thiazole rings is 1. The number of nitrogen functional groups attached to an aromatic ring is 1. The lowest BCUT2D eigenvalue weighted by molar-refractivity contribution is 0.691. The molecule has 90 valence electrons. The van der Waals surface area contributed by atoms with Crippen LogP contribution in [0.3, 0.4) is 0 Å². The van der Waals surface area contributed by atoms with Crippen molar-refractivity contribution in [3.8, 4) is 0 Å². The second kappa shape index (κ2) is 5.29. The van der Waals surface area contributed by atoms with Gasteiger partial charge in [-0.1, -0.05) is 17.7 Å².